The van der Waals surface area contributed by atoms with Crippen LogP contribution in [-0.2, 0) is 25.7 Å². The van der Waals surface area contributed by atoms with E-state index in [4.69, 9.17) is 5.11 Å². The topological polar surface area (TPSA) is 68.8 Å². The van der Waals surface area contributed by atoms with Crippen molar-refractivity contribution in [3.63, 3.8) is 0 Å². The first-order valence-electron chi connectivity index (χ1n) is 7.42. The van der Waals surface area contributed by atoms with E-state index in [1.165, 1.54) is 17.2 Å². The summed E-state index contributed by atoms with van der Waals surface area (Å²) in [5, 5.41) is 16.6. The summed E-state index contributed by atoms with van der Waals surface area (Å²) in [5.41, 5.74) is -0.817. The SMILES string of the molecule is CC(C)Cn1ncnc1Cn1cc(CCCO)c(C(F)(F)F)n1. The van der Waals surface area contributed by atoms with Crippen LogP contribution in [0.1, 0.15) is 37.4 Å². The molecule has 9 heteroatoms. The standard InChI is InChI=1S/C14H20F3N5O/c1-10(2)6-22-12(18-9-19-22)8-21-7-11(4-3-5-23)13(20-21)14(15,16)17/h7,9-10,23H,3-6,8H2,1-2H3. The molecule has 0 amide bonds. The fourth-order valence-corrected chi connectivity index (χ4v) is 2.29. The monoisotopic (exact) mass is 331 g/mol. The van der Waals surface area contributed by atoms with Crippen molar-refractivity contribution in [1.29, 1.82) is 0 Å². The van der Waals surface area contributed by atoms with Crippen LogP contribution in [0.2, 0.25) is 0 Å². The molecule has 23 heavy (non-hydrogen) atoms. The van der Waals surface area contributed by atoms with Gasteiger partial charge in [0.2, 0.25) is 0 Å². The number of aliphatic hydroxyl groups is 1. The van der Waals surface area contributed by atoms with Crippen molar-refractivity contribution in [1.82, 2.24) is 24.5 Å². The summed E-state index contributed by atoms with van der Waals surface area (Å²) < 4.78 is 42.0. The minimum atomic E-state index is -4.51. The summed E-state index contributed by atoms with van der Waals surface area (Å²) in [7, 11) is 0. The van der Waals surface area contributed by atoms with E-state index in [2.05, 4.69) is 15.2 Å². The molecule has 2 heterocycles. The highest BCUT2D eigenvalue weighted by atomic mass is 19.4. The lowest BCUT2D eigenvalue weighted by Crippen LogP contribution is -2.14. The van der Waals surface area contributed by atoms with Crippen LogP contribution in [0.25, 0.3) is 0 Å². The van der Waals surface area contributed by atoms with Gasteiger partial charge in [-0.15, -0.1) is 0 Å². The molecule has 2 rings (SSSR count). The number of rotatable bonds is 7. The van der Waals surface area contributed by atoms with Crippen LogP contribution in [0.15, 0.2) is 12.5 Å². The number of aliphatic hydroxyl groups excluding tert-OH is 1. The molecule has 0 aliphatic rings. The van der Waals surface area contributed by atoms with Crippen LogP contribution in [-0.4, -0.2) is 36.3 Å². The predicted octanol–water partition coefficient (Wildman–Crippen LogP) is 2.12. The molecular formula is C14H20F3N5O. The molecule has 0 fully saturated rings. The van der Waals surface area contributed by atoms with E-state index in [1.807, 2.05) is 13.8 Å². The number of alkyl halides is 3. The number of aryl methyl sites for hydroxylation is 1. The molecule has 6 nitrogen and oxygen atoms in total. The van der Waals surface area contributed by atoms with E-state index < -0.39 is 11.9 Å². The van der Waals surface area contributed by atoms with Crippen molar-refractivity contribution in [2.45, 2.75) is 46.0 Å². The smallest absolute Gasteiger partial charge is 0.396 e. The summed E-state index contributed by atoms with van der Waals surface area (Å²) in [6, 6.07) is 0. The summed E-state index contributed by atoms with van der Waals surface area (Å²) in [4.78, 5) is 4.10. The van der Waals surface area contributed by atoms with Crippen LogP contribution in [0.3, 0.4) is 0 Å². The van der Waals surface area contributed by atoms with Gasteiger partial charge in [0.05, 0.1) is 0 Å². The first-order valence-corrected chi connectivity index (χ1v) is 7.42. The van der Waals surface area contributed by atoms with Gasteiger partial charge in [0.25, 0.3) is 0 Å². The van der Waals surface area contributed by atoms with E-state index in [0.717, 1.165) is 0 Å². The second-order valence-electron chi connectivity index (χ2n) is 5.78. The summed E-state index contributed by atoms with van der Waals surface area (Å²) in [6.07, 6.45) is -1.37. The van der Waals surface area contributed by atoms with Gasteiger partial charge in [0.1, 0.15) is 18.7 Å². The molecule has 0 radical (unpaired) electrons. The van der Waals surface area contributed by atoms with Gasteiger partial charge in [-0.1, -0.05) is 13.8 Å². The maximum atomic E-state index is 13.0. The van der Waals surface area contributed by atoms with Crippen LogP contribution >= 0.6 is 0 Å². The average molecular weight is 331 g/mol. The minimum absolute atomic E-state index is 0.0847. The first-order chi connectivity index (χ1) is 10.8. The van der Waals surface area contributed by atoms with Crippen LogP contribution in [0, 0.1) is 5.92 Å². The molecule has 0 unspecified atom stereocenters. The Morgan fingerprint density at radius 2 is 2.04 bits per heavy atom. The Hall–Kier alpha value is -1.90. The molecule has 0 aromatic carbocycles. The third-order valence-corrected chi connectivity index (χ3v) is 3.25. The highest BCUT2D eigenvalue weighted by Crippen LogP contribution is 2.31. The van der Waals surface area contributed by atoms with Crippen molar-refractivity contribution in [3.8, 4) is 0 Å². The van der Waals surface area contributed by atoms with Gasteiger partial charge in [-0.05, 0) is 18.8 Å². The molecule has 0 aliphatic carbocycles. The minimum Gasteiger partial charge on any atom is -0.396 e. The Labute approximate surface area is 131 Å². The zero-order valence-corrected chi connectivity index (χ0v) is 13.1. The van der Waals surface area contributed by atoms with Crippen LogP contribution in [0.4, 0.5) is 13.2 Å². The van der Waals surface area contributed by atoms with Crippen LogP contribution in [0.5, 0.6) is 0 Å². The van der Waals surface area contributed by atoms with E-state index >= 15 is 0 Å². The Kier molecular flexibility index (Phi) is 5.40. The van der Waals surface area contributed by atoms with Gasteiger partial charge in [0.15, 0.2) is 5.69 Å². The number of halogens is 3. The number of aromatic nitrogens is 5. The average Bonchev–Trinajstić information content (AvgIpc) is 3.03. The largest absolute Gasteiger partial charge is 0.435 e. The van der Waals surface area contributed by atoms with Gasteiger partial charge in [0, 0.05) is 24.9 Å². The lowest BCUT2D eigenvalue weighted by atomic mass is 10.1. The Bertz CT molecular complexity index is 633. The molecule has 0 saturated heterocycles. The highest BCUT2D eigenvalue weighted by Gasteiger charge is 2.36. The van der Waals surface area contributed by atoms with E-state index in [1.54, 1.807) is 4.68 Å². The Morgan fingerprint density at radius 1 is 1.30 bits per heavy atom. The Morgan fingerprint density at radius 3 is 2.65 bits per heavy atom. The molecule has 128 valence electrons. The molecule has 1 N–H and O–H groups in total. The van der Waals surface area contributed by atoms with Crippen molar-refractivity contribution in [3.05, 3.63) is 29.6 Å². The van der Waals surface area contributed by atoms with Gasteiger partial charge in [-0.25, -0.2) is 9.67 Å². The normalized spacial score (nSPS) is 12.3. The summed E-state index contributed by atoms with van der Waals surface area (Å²) >= 11 is 0. The zero-order chi connectivity index (χ0) is 17.0. The van der Waals surface area contributed by atoms with Crippen molar-refractivity contribution in [2.24, 2.45) is 5.92 Å². The van der Waals surface area contributed by atoms with E-state index in [0.29, 0.717) is 18.3 Å². The third-order valence-electron chi connectivity index (χ3n) is 3.25. The second-order valence-corrected chi connectivity index (χ2v) is 5.78. The second kappa shape index (κ2) is 7.12. The fraction of sp³-hybridized carbons (Fsp3) is 0.643. The maximum Gasteiger partial charge on any atom is 0.435 e. The molecule has 2 aromatic heterocycles. The molecule has 0 aliphatic heterocycles. The molecular weight excluding hydrogens is 311 g/mol. The summed E-state index contributed by atoms with van der Waals surface area (Å²) in [5.74, 6) is 0.905. The maximum absolute atomic E-state index is 13.0. The molecule has 0 bridgehead atoms. The number of nitrogens with zero attached hydrogens (tertiary/aromatic N) is 5. The third kappa shape index (κ3) is 4.54. The fourth-order valence-electron chi connectivity index (χ4n) is 2.29. The predicted molar refractivity (Wildman–Crippen MR) is 76.6 cm³/mol. The lowest BCUT2D eigenvalue weighted by Gasteiger charge is -2.08. The van der Waals surface area contributed by atoms with Gasteiger partial charge >= 0.3 is 6.18 Å². The van der Waals surface area contributed by atoms with Gasteiger partial charge in [-0.3, -0.25) is 4.68 Å². The van der Waals surface area contributed by atoms with Crippen LogP contribution < -0.4 is 0 Å². The molecule has 2 aromatic rings. The summed E-state index contributed by atoms with van der Waals surface area (Å²) in [6.45, 7) is 4.64. The van der Waals surface area contributed by atoms with Gasteiger partial charge < -0.3 is 5.11 Å². The Balaban J connectivity index is 2.23. The van der Waals surface area contributed by atoms with Crippen molar-refractivity contribution < 1.29 is 18.3 Å². The van der Waals surface area contributed by atoms with E-state index in [9.17, 15) is 13.2 Å². The quantitative estimate of drug-likeness (QED) is 0.844. The molecule has 0 saturated carbocycles. The number of hydrogen-bond acceptors (Lipinski definition) is 4. The van der Waals surface area contributed by atoms with E-state index in [-0.39, 0.29) is 31.6 Å². The lowest BCUT2D eigenvalue weighted by molar-refractivity contribution is -0.142. The van der Waals surface area contributed by atoms with Gasteiger partial charge in [-0.2, -0.15) is 23.4 Å². The van der Waals surface area contributed by atoms with Crippen molar-refractivity contribution in [2.75, 3.05) is 6.61 Å². The molecule has 0 spiro atoms. The zero-order valence-electron chi connectivity index (χ0n) is 13.1. The highest BCUT2D eigenvalue weighted by molar-refractivity contribution is 5.20. The molecule has 0 atom stereocenters. The van der Waals surface area contributed by atoms with Crippen molar-refractivity contribution >= 4 is 0 Å². The number of hydrogen-bond donors (Lipinski definition) is 1. The first kappa shape index (κ1) is 17.5.